The normalized spacial score (nSPS) is 11.8. The Morgan fingerprint density at radius 3 is 2.45 bits per heavy atom. The van der Waals surface area contributed by atoms with Crippen LogP contribution in [0.15, 0.2) is 17.0 Å². The van der Waals surface area contributed by atoms with Crippen molar-refractivity contribution in [2.75, 3.05) is 6.54 Å². The fourth-order valence-corrected chi connectivity index (χ4v) is 2.99. The van der Waals surface area contributed by atoms with E-state index in [1.54, 1.807) is 0 Å². The molecule has 1 rings (SSSR count). The van der Waals surface area contributed by atoms with E-state index in [0.717, 1.165) is 12.1 Å². The van der Waals surface area contributed by atoms with Gasteiger partial charge < -0.3 is 10.2 Å². The third kappa shape index (κ3) is 3.94. The van der Waals surface area contributed by atoms with Gasteiger partial charge in [-0.15, -0.1) is 0 Å². The van der Waals surface area contributed by atoms with E-state index in [1.165, 1.54) is 6.92 Å². The Morgan fingerprint density at radius 2 is 1.95 bits per heavy atom. The van der Waals surface area contributed by atoms with Crippen molar-refractivity contribution in [3.8, 4) is 5.75 Å². The summed E-state index contributed by atoms with van der Waals surface area (Å²) >= 11 is 0. The average Bonchev–Trinajstić information content (AvgIpc) is 2.26. The Bertz CT molecular complexity index is 607. The molecule has 7 heteroatoms. The van der Waals surface area contributed by atoms with E-state index in [2.05, 4.69) is 4.72 Å². The fraction of sp³-hybridized carbons (Fsp3) is 0.462. The second kappa shape index (κ2) is 6.23. The molecule has 3 N–H and O–H groups in total. The van der Waals surface area contributed by atoms with Gasteiger partial charge in [0.25, 0.3) is 0 Å². The van der Waals surface area contributed by atoms with Crippen molar-refractivity contribution in [3.05, 3.63) is 23.3 Å². The van der Waals surface area contributed by atoms with E-state index < -0.39 is 27.3 Å². The first-order chi connectivity index (χ1) is 9.15. The lowest BCUT2D eigenvalue weighted by Crippen LogP contribution is -2.26. The van der Waals surface area contributed by atoms with Crippen molar-refractivity contribution in [1.29, 1.82) is 0 Å². The van der Waals surface area contributed by atoms with Crippen LogP contribution < -0.4 is 4.72 Å². The summed E-state index contributed by atoms with van der Waals surface area (Å²) in [6.45, 7) is 5.73. The molecule has 1 aromatic carbocycles. The maximum absolute atomic E-state index is 12.1. The standard InChI is InChI=1S/C13H19NO5S/c1-8(2)4-5-14-20(18,19)12-7-10(13(16)17)11(15)6-9(12)3/h6-8,14-15H,4-5H2,1-3H3,(H,16,17). The lowest BCUT2D eigenvalue weighted by atomic mass is 10.1. The van der Waals surface area contributed by atoms with E-state index in [9.17, 15) is 18.3 Å². The Balaban J connectivity index is 3.11. The molecule has 0 aliphatic rings. The molecule has 0 spiro atoms. The van der Waals surface area contributed by atoms with Crippen LogP contribution >= 0.6 is 0 Å². The van der Waals surface area contributed by atoms with Crippen LogP contribution in [0, 0.1) is 12.8 Å². The van der Waals surface area contributed by atoms with Crippen LogP contribution in [0.3, 0.4) is 0 Å². The van der Waals surface area contributed by atoms with E-state index >= 15 is 0 Å². The highest BCUT2D eigenvalue weighted by Crippen LogP contribution is 2.25. The Hall–Kier alpha value is -1.60. The number of carbonyl (C=O) groups is 1. The molecule has 0 fully saturated rings. The Labute approximate surface area is 118 Å². The van der Waals surface area contributed by atoms with Crippen molar-refractivity contribution in [3.63, 3.8) is 0 Å². The summed E-state index contributed by atoms with van der Waals surface area (Å²) in [5.41, 5.74) is -0.135. The molecule has 0 aromatic heterocycles. The van der Waals surface area contributed by atoms with Crippen LogP contribution in [0.25, 0.3) is 0 Å². The molecule has 1 aromatic rings. The summed E-state index contributed by atoms with van der Waals surface area (Å²) in [4.78, 5) is 10.8. The quantitative estimate of drug-likeness (QED) is 0.742. The first-order valence-electron chi connectivity index (χ1n) is 6.21. The van der Waals surface area contributed by atoms with Gasteiger partial charge in [-0.1, -0.05) is 13.8 Å². The molecule has 0 amide bonds. The highest BCUT2D eigenvalue weighted by molar-refractivity contribution is 7.89. The summed E-state index contributed by atoms with van der Waals surface area (Å²) in [5.74, 6) is -1.47. The molecule has 0 atom stereocenters. The molecular formula is C13H19NO5S. The van der Waals surface area contributed by atoms with E-state index in [1.807, 2.05) is 13.8 Å². The smallest absolute Gasteiger partial charge is 0.339 e. The maximum atomic E-state index is 12.1. The van der Waals surface area contributed by atoms with Crippen molar-refractivity contribution in [1.82, 2.24) is 4.72 Å². The van der Waals surface area contributed by atoms with Gasteiger partial charge >= 0.3 is 5.97 Å². The molecule has 112 valence electrons. The molecule has 20 heavy (non-hydrogen) atoms. The van der Waals surface area contributed by atoms with Crippen LogP contribution in [-0.4, -0.2) is 31.1 Å². The van der Waals surface area contributed by atoms with Crippen LogP contribution in [0.5, 0.6) is 5.75 Å². The number of carboxylic acids is 1. The van der Waals surface area contributed by atoms with Gasteiger partial charge in [-0.2, -0.15) is 0 Å². The first kappa shape index (κ1) is 16.5. The van der Waals surface area contributed by atoms with Crippen LogP contribution in [-0.2, 0) is 10.0 Å². The number of carboxylic acid groups (broad SMARTS) is 1. The van der Waals surface area contributed by atoms with Crippen molar-refractivity contribution in [2.45, 2.75) is 32.1 Å². The summed E-state index contributed by atoms with van der Waals surface area (Å²) in [5, 5.41) is 18.4. The average molecular weight is 301 g/mol. The second-order valence-corrected chi connectivity index (χ2v) is 6.76. The Morgan fingerprint density at radius 1 is 1.35 bits per heavy atom. The third-order valence-corrected chi connectivity index (χ3v) is 4.43. The zero-order chi connectivity index (χ0) is 15.5. The predicted molar refractivity (Wildman–Crippen MR) is 74.4 cm³/mol. The SMILES string of the molecule is Cc1cc(O)c(C(=O)O)cc1S(=O)(=O)NCCC(C)C. The minimum Gasteiger partial charge on any atom is -0.507 e. The topological polar surface area (TPSA) is 104 Å². The second-order valence-electron chi connectivity index (χ2n) is 5.02. The van der Waals surface area contributed by atoms with Crippen molar-refractivity contribution in [2.24, 2.45) is 5.92 Å². The highest BCUT2D eigenvalue weighted by atomic mass is 32.2. The number of aromatic hydroxyl groups is 1. The van der Waals surface area contributed by atoms with E-state index in [4.69, 9.17) is 5.11 Å². The monoisotopic (exact) mass is 301 g/mol. The number of aryl methyl sites for hydroxylation is 1. The fourth-order valence-electron chi connectivity index (χ4n) is 1.69. The number of sulfonamides is 1. The molecular weight excluding hydrogens is 282 g/mol. The highest BCUT2D eigenvalue weighted by Gasteiger charge is 2.21. The maximum Gasteiger partial charge on any atom is 0.339 e. The van der Waals surface area contributed by atoms with Gasteiger partial charge in [-0.05, 0) is 37.0 Å². The van der Waals surface area contributed by atoms with Gasteiger partial charge in [0.1, 0.15) is 11.3 Å². The van der Waals surface area contributed by atoms with Crippen molar-refractivity contribution < 1.29 is 23.4 Å². The predicted octanol–water partition coefficient (Wildman–Crippen LogP) is 1.72. The minimum atomic E-state index is -3.78. The molecule has 0 aliphatic heterocycles. The number of hydrogen-bond donors (Lipinski definition) is 3. The summed E-state index contributed by atoms with van der Waals surface area (Å²) in [6, 6.07) is 2.12. The first-order valence-corrected chi connectivity index (χ1v) is 7.70. The van der Waals surface area contributed by atoms with Crippen molar-refractivity contribution >= 4 is 16.0 Å². The number of nitrogens with one attached hydrogen (secondary N) is 1. The van der Waals surface area contributed by atoms with E-state index in [0.29, 0.717) is 17.9 Å². The van der Waals surface area contributed by atoms with Gasteiger partial charge in [0, 0.05) is 6.54 Å². The van der Waals surface area contributed by atoms with Gasteiger partial charge in [0.2, 0.25) is 10.0 Å². The van der Waals surface area contributed by atoms with E-state index in [-0.39, 0.29) is 11.4 Å². The molecule has 6 nitrogen and oxygen atoms in total. The van der Waals surface area contributed by atoms with Crippen LogP contribution in [0.1, 0.15) is 36.2 Å². The number of benzene rings is 1. The van der Waals surface area contributed by atoms with Crippen LogP contribution in [0.2, 0.25) is 0 Å². The molecule has 0 aliphatic carbocycles. The zero-order valence-electron chi connectivity index (χ0n) is 11.7. The molecule has 0 saturated carbocycles. The van der Waals surface area contributed by atoms with Gasteiger partial charge in [0.05, 0.1) is 4.90 Å². The molecule has 0 heterocycles. The zero-order valence-corrected chi connectivity index (χ0v) is 12.5. The number of hydrogen-bond acceptors (Lipinski definition) is 4. The third-order valence-electron chi connectivity index (χ3n) is 2.83. The van der Waals surface area contributed by atoms with Gasteiger partial charge in [-0.3, -0.25) is 0 Å². The summed E-state index contributed by atoms with van der Waals surface area (Å²) < 4.78 is 26.7. The molecule has 0 saturated heterocycles. The molecule has 0 bridgehead atoms. The Kier molecular flexibility index (Phi) is 5.13. The minimum absolute atomic E-state index is 0.128. The van der Waals surface area contributed by atoms with Gasteiger partial charge in [-0.25, -0.2) is 17.9 Å². The largest absolute Gasteiger partial charge is 0.507 e. The number of rotatable bonds is 6. The molecule has 0 radical (unpaired) electrons. The summed E-state index contributed by atoms with van der Waals surface area (Å²) in [7, 11) is -3.78. The lowest BCUT2D eigenvalue weighted by molar-refractivity contribution is 0.0693. The molecule has 0 unspecified atom stereocenters. The summed E-state index contributed by atoms with van der Waals surface area (Å²) in [6.07, 6.45) is 0.683. The lowest BCUT2D eigenvalue weighted by Gasteiger charge is -2.12. The number of phenols is 1. The van der Waals surface area contributed by atoms with Crippen LogP contribution in [0.4, 0.5) is 0 Å². The number of aromatic carboxylic acids is 1. The van der Waals surface area contributed by atoms with Gasteiger partial charge in [0.15, 0.2) is 0 Å².